The van der Waals surface area contributed by atoms with Crippen LogP contribution in [0.5, 0.6) is 11.5 Å². The molecule has 0 fully saturated rings. The highest BCUT2D eigenvalue weighted by atomic mass is 35.5. The molecule has 0 aliphatic carbocycles. The molecule has 0 saturated carbocycles. The molecule has 0 unspecified atom stereocenters. The number of benzene rings is 2. The maximum absolute atomic E-state index is 9.38. The molecule has 0 aliphatic heterocycles. The van der Waals surface area contributed by atoms with Gasteiger partial charge in [-0.1, -0.05) is 24.3 Å². The summed E-state index contributed by atoms with van der Waals surface area (Å²) in [5.74, 6) is 1.03. The van der Waals surface area contributed by atoms with E-state index in [1.807, 2.05) is 24.3 Å². The standard InChI is InChI=1S/C15H14Cl2O2.3H2O/c16-9-15(10-17,11-1-5-13(18)6-2-11)12-3-7-14(19)8-4-12;;;/h1-8,18-19H,9-10H2;3*1H2. The maximum Gasteiger partial charge on any atom is 0.115 e. The largest absolute Gasteiger partial charge is 0.508 e. The molecule has 0 bridgehead atoms. The number of phenolic OH excluding ortho intramolecular Hbond substituents is 2. The van der Waals surface area contributed by atoms with Crippen molar-refractivity contribution in [2.45, 2.75) is 5.41 Å². The van der Waals surface area contributed by atoms with Crippen LogP contribution in [-0.2, 0) is 5.41 Å². The van der Waals surface area contributed by atoms with Crippen LogP contribution >= 0.6 is 23.2 Å². The molecule has 0 amide bonds. The second-order valence-corrected chi connectivity index (χ2v) is 4.98. The molecule has 0 heterocycles. The van der Waals surface area contributed by atoms with Crippen LogP contribution in [0.2, 0.25) is 0 Å². The molecule has 0 aliphatic rings. The predicted molar refractivity (Wildman–Crippen MR) is 89.3 cm³/mol. The van der Waals surface area contributed by atoms with Crippen LogP contribution in [-0.4, -0.2) is 38.4 Å². The van der Waals surface area contributed by atoms with Crippen molar-refractivity contribution in [2.75, 3.05) is 11.8 Å². The summed E-state index contributed by atoms with van der Waals surface area (Å²) in [6.07, 6.45) is 0. The smallest absolute Gasteiger partial charge is 0.115 e. The Hall–Kier alpha value is -1.50. The van der Waals surface area contributed by atoms with Gasteiger partial charge in [0, 0.05) is 17.2 Å². The minimum absolute atomic E-state index is 0. The van der Waals surface area contributed by atoms with Crippen LogP contribution in [0.1, 0.15) is 11.1 Å². The van der Waals surface area contributed by atoms with Gasteiger partial charge in [-0.25, -0.2) is 0 Å². The van der Waals surface area contributed by atoms with Crippen LogP contribution in [0.3, 0.4) is 0 Å². The number of halogens is 2. The first-order valence-electron chi connectivity index (χ1n) is 5.83. The Balaban J connectivity index is 0. The van der Waals surface area contributed by atoms with Gasteiger partial charge in [-0.3, -0.25) is 0 Å². The van der Waals surface area contributed by atoms with Crippen molar-refractivity contribution in [3.05, 3.63) is 59.7 Å². The van der Waals surface area contributed by atoms with Gasteiger partial charge in [0.15, 0.2) is 0 Å². The first-order valence-corrected chi connectivity index (χ1v) is 6.90. The van der Waals surface area contributed by atoms with Crippen molar-refractivity contribution in [1.82, 2.24) is 0 Å². The Morgan fingerprint density at radius 3 is 1.14 bits per heavy atom. The molecule has 8 N–H and O–H groups in total. The van der Waals surface area contributed by atoms with Gasteiger partial charge in [-0.2, -0.15) is 0 Å². The minimum Gasteiger partial charge on any atom is -0.508 e. The summed E-state index contributed by atoms with van der Waals surface area (Å²) in [4.78, 5) is 0. The highest BCUT2D eigenvalue weighted by molar-refractivity contribution is 6.22. The lowest BCUT2D eigenvalue weighted by Crippen LogP contribution is -2.31. The highest BCUT2D eigenvalue weighted by Gasteiger charge is 2.32. The topological polar surface area (TPSA) is 135 Å². The maximum atomic E-state index is 9.38. The summed E-state index contributed by atoms with van der Waals surface area (Å²) in [6, 6.07) is 13.7. The fourth-order valence-electron chi connectivity index (χ4n) is 2.07. The predicted octanol–water partition coefficient (Wildman–Crippen LogP) is 1.39. The molecule has 0 saturated heterocycles. The second kappa shape index (κ2) is 9.50. The van der Waals surface area contributed by atoms with Crippen molar-refractivity contribution in [1.29, 1.82) is 0 Å². The molecule has 2 aromatic rings. The van der Waals surface area contributed by atoms with Crippen LogP contribution in [0.15, 0.2) is 48.5 Å². The number of rotatable bonds is 4. The Morgan fingerprint density at radius 1 is 0.636 bits per heavy atom. The first-order chi connectivity index (χ1) is 9.12. The second-order valence-electron chi connectivity index (χ2n) is 4.44. The Bertz CT molecular complexity index is 491. The Morgan fingerprint density at radius 2 is 0.909 bits per heavy atom. The van der Waals surface area contributed by atoms with E-state index in [2.05, 4.69) is 0 Å². The molecule has 124 valence electrons. The van der Waals surface area contributed by atoms with E-state index in [0.717, 1.165) is 11.1 Å². The van der Waals surface area contributed by atoms with E-state index in [1.165, 1.54) is 0 Å². The van der Waals surface area contributed by atoms with Gasteiger partial charge >= 0.3 is 0 Å². The molecule has 22 heavy (non-hydrogen) atoms. The molecule has 2 aromatic carbocycles. The van der Waals surface area contributed by atoms with Gasteiger partial charge in [-0.15, -0.1) is 23.2 Å². The fourth-order valence-corrected chi connectivity index (χ4v) is 2.97. The van der Waals surface area contributed by atoms with Crippen molar-refractivity contribution >= 4 is 23.2 Å². The number of hydrogen-bond acceptors (Lipinski definition) is 2. The zero-order valence-electron chi connectivity index (χ0n) is 11.7. The molecule has 0 spiro atoms. The number of aromatic hydroxyl groups is 2. The molecule has 0 radical (unpaired) electrons. The van der Waals surface area contributed by atoms with E-state index in [4.69, 9.17) is 23.2 Å². The summed E-state index contributed by atoms with van der Waals surface area (Å²) in [6.45, 7) is 0. The average molecular weight is 351 g/mol. The van der Waals surface area contributed by atoms with E-state index < -0.39 is 5.41 Å². The zero-order valence-corrected chi connectivity index (χ0v) is 13.2. The van der Waals surface area contributed by atoms with Gasteiger partial charge in [-0.05, 0) is 35.4 Å². The summed E-state index contributed by atoms with van der Waals surface area (Å²) < 4.78 is 0. The lowest BCUT2D eigenvalue weighted by Gasteiger charge is -2.31. The van der Waals surface area contributed by atoms with E-state index >= 15 is 0 Å². The number of phenols is 2. The SMILES string of the molecule is O.O.O.Oc1ccc(C(CCl)(CCl)c2ccc(O)cc2)cc1. The third-order valence-corrected chi connectivity index (χ3v) is 4.21. The van der Waals surface area contributed by atoms with Gasteiger partial charge in [0.05, 0.1) is 0 Å². The van der Waals surface area contributed by atoms with Gasteiger partial charge in [0.25, 0.3) is 0 Å². The van der Waals surface area contributed by atoms with Gasteiger partial charge in [0.2, 0.25) is 0 Å². The Kier molecular flexibility index (Phi) is 9.84. The lowest BCUT2D eigenvalue weighted by atomic mass is 9.77. The third-order valence-electron chi connectivity index (χ3n) is 3.30. The Labute approximate surface area is 138 Å². The first kappa shape index (κ1) is 22.8. The normalized spacial score (nSPS) is 9.91. The molecular weight excluding hydrogens is 331 g/mol. The van der Waals surface area contributed by atoms with Crippen LogP contribution in [0, 0.1) is 0 Å². The molecular formula is C15H20Cl2O5. The number of alkyl halides is 2. The van der Waals surface area contributed by atoms with Crippen LogP contribution < -0.4 is 0 Å². The fraction of sp³-hybridized carbons (Fsp3) is 0.200. The van der Waals surface area contributed by atoms with E-state index in [-0.39, 0.29) is 27.9 Å². The molecule has 7 heteroatoms. The quantitative estimate of drug-likeness (QED) is 0.805. The van der Waals surface area contributed by atoms with E-state index in [1.54, 1.807) is 24.3 Å². The van der Waals surface area contributed by atoms with Crippen molar-refractivity contribution in [3.63, 3.8) is 0 Å². The third kappa shape index (κ3) is 4.25. The van der Waals surface area contributed by atoms with Gasteiger partial charge in [0.1, 0.15) is 11.5 Å². The van der Waals surface area contributed by atoms with Gasteiger partial charge < -0.3 is 26.6 Å². The van der Waals surface area contributed by atoms with Crippen molar-refractivity contribution in [3.8, 4) is 11.5 Å². The highest BCUT2D eigenvalue weighted by Crippen LogP contribution is 2.36. The molecule has 2 rings (SSSR count). The molecule has 5 nitrogen and oxygen atoms in total. The molecule has 0 aromatic heterocycles. The zero-order chi connectivity index (χ0) is 13.9. The minimum atomic E-state index is -0.537. The summed E-state index contributed by atoms with van der Waals surface area (Å²) in [5.41, 5.74) is 1.33. The lowest BCUT2D eigenvalue weighted by molar-refractivity contribution is 0.474. The van der Waals surface area contributed by atoms with Crippen molar-refractivity contribution in [2.24, 2.45) is 0 Å². The summed E-state index contributed by atoms with van der Waals surface area (Å²) >= 11 is 12.3. The van der Waals surface area contributed by atoms with E-state index in [9.17, 15) is 10.2 Å². The molecule has 0 atom stereocenters. The van der Waals surface area contributed by atoms with Crippen LogP contribution in [0.4, 0.5) is 0 Å². The summed E-state index contributed by atoms with van der Waals surface area (Å²) in [7, 11) is 0. The van der Waals surface area contributed by atoms with Crippen LogP contribution in [0.25, 0.3) is 0 Å². The summed E-state index contributed by atoms with van der Waals surface area (Å²) in [5, 5.41) is 18.8. The van der Waals surface area contributed by atoms with E-state index in [0.29, 0.717) is 11.8 Å². The van der Waals surface area contributed by atoms with Crippen molar-refractivity contribution < 1.29 is 26.6 Å². The average Bonchev–Trinajstić information content (AvgIpc) is 2.44. The number of hydrogen-bond donors (Lipinski definition) is 2. The monoisotopic (exact) mass is 350 g/mol.